The van der Waals surface area contributed by atoms with Crippen LogP contribution in [0.1, 0.15) is 46.0 Å². The number of hydrogen-bond acceptors (Lipinski definition) is 2. The molecule has 0 aliphatic carbocycles. The molecule has 2 nitrogen and oxygen atoms in total. The highest BCUT2D eigenvalue weighted by Crippen LogP contribution is 2.31. The maximum atomic E-state index is 6.05. The van der Waals surface area contributed by atoms with E-state index in [9.17, 15) is 0 Å². The molecule has 1 atom stereocenters. The van der Waals surface area contributed by atoms with Gasteiger partial charge in [0.1, 0.15) is 0 Å². The highest BCUT2D eigenvalue weighted by molar-refractivity contribution is 6.32. The van der Waals surface area contributed by atoms with Crippen molar-refractivity contribution in [3.8, 4) is 5.75 Å². The second kappa shape index (κ2) is 7.44. The average Bonchev–Trinajstić information content (AvgIpc) is 2.30. The van der Waals surface area contributed by atoms with Gasteiger partial charge >= 0.3 is 0 Å². The van der Waals surface area contributed by atoms with Crippen LogP contribution in [0.3, 0.4) is 0 Å². The standard InChI is InChI=1S/C14H22ClNO/c1-3-4-5-6-8-11(2)17-14-12(15)9-7-10-13(14)16/h7,9-11H,3-6,8,16H2,1-2H3/t11-/m0/s1. The Morgan fingerprint density at radius 2 is 2.06 bits per heavy atom. The molecule has 0 fully saturated rings. The molecule has 1 aromatic rings. The van der Waals surface area contributed by atoms with Gasteiger partial charge in [0, 0.05) is 0 Å². The topological polar surface area (TPSA) is 35.2 Å². The Kier molecular flexibility index (Phi) is 6.20. The van der Waals surface area contributed by atoms with E-state index in [2.05, 4.69) is 13.8 Å². The number of ether oxygens (including phenoxy) is 1. The van der Waals surface area contributed by atoms with E-state index >= 15 is 0 Å². The minimum atomic E-state index is 0.161. The van der Waals surface area contributed by atoms with Crippen molar-refractivity contribution in [1.82, 2.24) is 0 Å². The molecule has 0 bridgehead atoms. The lowest BCUT2D eigenvalue weighted by atomic mass is 10.1. The van der Waals surface area contributed by atoms with Gasteiger partial charge in [-0.05, 0) is 31.9 Å². The predicted octanol–water partition coefficient (Wildman–Crippen LogP) is 4.66. The van der Waals surface area contributed by atoms with Crippen LogP contribution in [0.25, 0.3) is 0 Å². The lowest BCUT2D eigenvalue weighted by Crippen LogP contribution is -2.12. The lowest BCUT2D eigenvalue weighted by Gasteiger charge is -2.17. The summed E-state index contributed by atoms with van der Waals surface area (Å²) in [6, 6.07) is 5.44. The summed E-state index contributed by atoms with van der Waals surface area (Å²) in [4.78, 5) is 0. The zero-order chi connectivity index (χ0) is 12.7. The van der Waals surface area contributed by atoms with Gasteiger partial charge in [-0.1, -0.05) is 43.9 Å². The predicted molar refractivity (Wildman–Crippen MR) is 74.7 cm³/mol. The maximum absolute atomic E-state index is 6.05. The summed E-state index contributed by atoms with van der Waals surface area (Å²) < 4.78 is 5.80. The molecule has 0 heterocycles. The van der Waals surface area contributed by atoms with E-state index in [0.717, 1.165) is 6.42 Å². The Balaban J connectivity index is 2.42. The van der Waals surface area contributed by atoms with Crippen LogP contribution in [-0.4, -0.2) is 6.10 Å². The number of anilines is 1. The number of unbranched alkanes of at least 4 members (excludes halogenated alkanes) is 3. The van der Waals surface area contributed by atoms with E-state index in [4.69, 9.17) is 22.1 Å². The van der Waals surface area contributed by atoms with Gasteiger partial charge in [0.05, 0.1) is 16.8 Å². The first-order valence-electron chi connectivity index (χ1n) is 6.35. The Labute approximate surface area is 109 Å². The van der Waals surface area contributed by atoms with Crippen LogP contribution in [0.2, 0.25) is 5.02 Å². The van der Waals surface area contributed by atoms with Crippen LogP contribution in [0.15, 0.2) is 18.2 Å². The van der Waals surface area contributed by atoms with E-state index in [0.29, 0.717) is 16.5 Å². The zero-order valence-electron chi connectivity index (χ0n) is 10.7. The van der Waals surface area contributed by atoms with Crippen LogP contribution < -0.4 is 10.5 Å². The molecular weight excluding hydrogens is 234 g/mol. The van der Waals surface area contributed by atoms with Gasteiger partial charge in [-0.3, -0.25) is 0 Å². The molecule has 0 radical (unpaired) electrons. The van der Waals surface area contributed by atoms with Gasteiger partial charge in [0.15, 0.2) is 5.75 Å². The van der Waals surface area contributed by atoms with Crippen molar-refractivity contribution in [2.75, 3.05) is 5.73 Å². The van der Waals surface area contributed by atoms with Crippen molar-refractivity contribution in [3.05, 3.63) is 23.2 Å². The smallest absolute Gasteiger partial charge is 0.161 e. The van der Waals surface area contributed by atoms with Crippen molar-refractivity contribution < 1.29 is 4.74 Å². The van der Waals surface area contributed by atoms with Gasteiger partial charge in [-0.15, -0.1) is 0 Å². The molecule has 0 saturated heterocycles. The second-order valence-electron chi connectivity index (χ2n) is 4.44. The molecular formula is C14H22ClNO. The summed E-state index contributed by atoms with van der Waals surface area (Å²) >= 11 is 6.05. The van der Waals surface area contributed by atoms with Crippen LogP contribution in [0, 0.1) is 0 Å². The summed E-state index contributed by atoms with van der Waals surface area (Å²) in [6.07, 6.45) is 6.22. The molecule has 0 unspecified atom stereocenters. The Morgan fingerprint density at radius 1 is 1.29 bits per heavy atom. The van der Waals surface area contributed by atoms with E-state index in [-0.39, 0.29) is 6.10 Å². The largest absolute Gasteiger partial charge is 0.487 e. The van der Waals surface area contributed by atoms with Crippen LogP contribution in [-0.2, 0) is 0 Å². The highest BCUT2D eigenvalue weighted by Gasteiger charge is 2.10. The third-order valence-electron chi connectivity index (χ3n) is 2.78. The van der Waals surface area contributed by atoms with E-state index in [1.807, 2.05) is 12.1 Å². The minimum Gasteiger partial charge on any atom is -0.487 e. The first-order valence-corrected chi connectivity index (χ1v) is 6.73. The number of halogens is 1. The Bertz CT molecular complexity index is 321. The van der Waals surface area contributed by atoms with Crippen molar-refractivity contribution >= 4 is 17.3 Å². The molecule has 0 aromatic heterocycles. The van der Waals surface area contributed by atoms with E-state index < -0.39 is 0 Å². The first-order chi connectivity index (χ1) is 8.15. The summed E-state index contributed by atoms with van der Waals surface area (Å²) in [5.74, 6) is 0.622. The third-order valence-corrected chi connectivity index (χ3v) is 3.08. The fourth-order valence-electron chi connectivity index (χ4n) is 1.77. The molecule has 0 amide bonds. The maximum Gasteiger partial charge on any atom is 0.161 e. The Morgan fingerprint density at radius 3 is 2.71 bits per heavy atom. The van der Waals surface area contributed by atoms with E-state index in [1.165, 1.54) is 25.7 Å². The van der Waals surface area contributed by atoms with Gasteiger partial charge in [-0.2, -0.15) is 0 Å². The number of benzene rings is 1. The van der Waals surface area contributed by atoms with Crippen LogP contribution in [0.4, 0.5) is 5.69 Å². The zero-order valence-corrected chi connectivity index (χ0v) is 11.5. The summed E-state index contributed by atoms with van der Waals surface area (Å²) in [5.41, 5.74) is 6.45. The quantitative estimate of drug-likeness (QED) is 0.568. The number of para-hydroxylation sites is 1. The fourth-order valence-corrected chi connectivity index (χ4v) is 1.99. The van der Waals surface area contributed by atoms with Gasteiger partial charge in [-0.25, -0.2) is 0 Å². The number of nitrogen functional groups attached to an aromatic ring is 1. The van der Waals surface area contributed by atoms with Gasteiger partial charge < -0.3 is 10.5 Å². The summed E-state index contributed by atoms with van der Waals surface area (Å²) in [5, 5.41) is 0.588. The summed E-state index contributed by atoms with van der Waals surface area (Å²) in [6.45, 7) is 4.28. The molecule has 17 heavy (non-hydrogen) atoms. The minimum absolute atomic E-state index is 0.161. The van der Waals surface area contributed by atoms with Crippen LogP contribution in [0.5, 0.6) is 5.75 Å². The molecule has 3 heteroatoms. The van der Waals surface area contributed by atoms with Crippen molar-refractivity contribution in [1.29, 1.82) is 0 Å². The molecule has 0 spiro atoms. The van der Waals surface area contributed by atoms with Crippen molar-refractivity contribution in [2.45, 2.75) is 52.1 Å². The average molecular weight is 256 g/mol. The molecule has 96 valence electrons. The third kappa shape index (κ3) is 4.86. The first kappa shape index (κ1) is 14.2. The molecule has 2 N–H and O–H groups in total. The van der Waals surface area contributed by atoms with Gasteiger partial charge in [0.25, 0.3) is 0 Å². The second-order valence-corrected chi connectivity index (χ2v) is 4.84. The molecule has 0 aliphatic heterocycles. The molecule has 1 aromatic carbocycles. The molecule has 1 rings (SSSR count). The highest BCUT2D eigenvalue weighted by atomic mass is 35.5. The van der Waals surface area contributed by atoms with Crippen molar-refractivity contribution in [2.24, 2.45) is 0 Å². The normalized spacial score (nSPS) is 12.4. The van der Waals surface area contributed by atoms with Gasteiger partial charge in [0.2, 0.25) is 0 Å². The lowest BCUT2D eigenvalue weighted by molar-refractivity contribution is 0.208. The SMILES string of the molecule is CCCCCC[C@H](C)Oc1c(N)cccc1Cl. The monoisotopic (exact) mass is 255 g/mol. The van der Waals surface area contributed by atoms with Crippen molar-refractivity contribution in [3.63, 3.8) is 0 Å². The number of nitrogens with two attached hydrogens (primary N) is 1. The number of hydrogen-bond donors (Lipinski definition) is 1. The Hall–Kier alpha value is -0.890. The van der Waals surface area contributed by atoms with Crippen LogP contribution >= 0.6 is 11.6 Å². The summed E-state index contributed by atoms with van der Waals surface area (Å²) in [7, 11) is 0. The fraction of sp³-hybridized carbons (Fsp3) is 0.571. The molecule has 0 saturated carbocycles. The molecule has 0 aliphatic rings. The number of rotatable bonds is 7. The van der Waals surface area contributed by atoms with E-state index in [1.54, 1.807) is 6.07 Å².